The monoisotopic (exact) mass is 272 g/mol. The Morgan fingerprint density at radius 2 is 2.22 bits per heavy atom. The zero-order valence-corrected chi connectivity index (χ0v) is 10.4. The molecule has 0 spiro atoms. The van der Waals surface area contributed by atoms with Crippen LogP contribution in [0.1, 0.15) is 5.56 Å². The van der Waals surface area contributed by atoms with Crippen molar-refractivity contribution in [2.45, 2.75) is 17.9 Å². The molecule has 98 valence electrons. The number of rotatable bonds is 5. The number of nitrogens with zero attached hydrogens (tertiary/aromatic N) is 1. The van der Waals surface area contributed by atoms with E-state index in [4.69, 9.17) is 4.74 Å². The number of epoxide rings is 1. The van der Waals surface area contributed by atoms with E-state index in [9.17, 15) is 18.5 Å². The first-order valence-corrected chi connectivity index (χ1v) is 6.75. The van der Waals surface area contributed by atoms with Gasteiger partial charge in [-0.15, -0.1) is 0 Å². The molecule has 1 aliphatic rings. The lowest BCUT2D eigenvalue weighted by atomic mass is 10.2. The van der Waals surface area contributed by atoms with E-state index in [1.54, 1.807) is 6.92 Å². The minimum Gasteiger partial charge on any atom is -0.372 e. The number of sulfonamides is 1. The van der Waals surface area contributed by atoms with Crippen molar-refractivity contribution >= 4 is 15.7 Å². The molecule has 2 rings (SSSR count). The summed E-state index contributed by atoms with van der Waals surface area (Å²) in [5, 5.41) is 10.9. The molecular weight excluding hydrogens is 260 g/mol. The molecule has 1 atom stereocenters. The molecule has 0 aliphatic carbocycles. The van der Waals surface area contributed by atoms with Gasteiger partial charge in [-0.25, -0.2) is 13.1 Å². The maximum absolute atomic E-state index is 11.9. The van der Waals surface area contributed by atoms with Gasteiger partial charge in [-0.1, -0.05) is 6.07 Å². The van der Waals surface area contributed by atoms with Gasteiger partial charge >= 0.3 is 0 Å². The average Bonchev–Trinajstić information content (AvgIpc) is 3.09. The molecule has 0 saturated carbocycles. The predicted molar refractivity (Wildman–Crippen MR) is 62.8 cm³/mol. The van der Waals surface area contributed by atoms with E-state index in [0.717, 1.165) is 0 Å². The van der Waals surface area contributed by atoms with Crippen LogP contribution in [-0.2, 0) is 14.8 Å². The van der Waals surface area contributed by atoms with E-state index >= 15 is 0 Å². The molecule has 8 heteroatoms. The van der Waals surface area contributed by atoms with E-state index in [1.165, 1.54) is 18.2 Å². The number of nitro groups is 1. The summed E-state index contributed by atoms with van der Waals surface area (Å²) in [6.45, 7) is 2.31. The van der Waals surface area contributed by atoms with Crippen molar-refractivity contribution in [3.63, 3.8) is 0 Å². The lowest BCUT2D eigenvalue weighted by Gasteiger charge is -2.06. The highest BCUT2D eigenvalue weighted by Gasteiger charge is 2.29. The van der Waals surface area contributed by atoms with Gasteiger partial charge in [-0.05, 0) is 18.6 Å². The first-order chi connectivity index (χ1) is 8.40. The van der Waals surface area contributed by atoms with Gasteiger partial charge in [0.15, 0.2) is 4.90 Å². The van der Waals surface area contributed by atoms with Crippen LogP contribution in [0, 0.1) is 17.0 Å². The van der Waals surface area contributed by atoms with Crippen molar-refractivity contribution in [2.24, 2.45) is 0 Å². The Balaban J connectivity index is 2.32. The molecule has 1 aromatic carbocycles. The first-order valence-electron chi connectivity index (χ1n) is 5.26. The number of aryl methyl sites for hydroxylation is 1. The van der Waals surface area contributed by atoms with Crippen molar-refractivity contribution in [3.05, 3.63) is 33.9 Å². The lowest BCUT2D eigenvalue weighted by molar-refractivity contribution is -0.387. The van der Waals surface area contributed by atoms with E-state index in [1.807, 2.05) is 0 Å². The third kappa shape index (κ3) is 2.84. The second-order valence-electron chi connectivity index (χ2n) is 4.04. The van der Waals surface area contributed by atoms with Gasteiger partial charge in [0.05, 0.1) is 17.6 Å². The largest absolute Gasteiger partial charge is 0.372 e. The van der Waals surface area contributed by atoms with Gasteiger partial charge < -0.3 is 4.74 Å². The number of hydrogen-bond donors (Lipinski definition) is 1. The van der Waals surface area contributed by atoms with E-state index in [-0.39, 0.29) is 17.5 Å². The quantitative estimate of drug-likeness (QED) is 0.480. The van der Waals surface area contributed by atoms with Crippen LogP contribution in [0.25, 0.3) is 0 Å². The Morgan fingerprint density at radius 3 is 2.78 bits per heavy atom. The molecule has 1 heterocycles. The highest BCUT2D eigenvalue weighted by atomic mass is 32.2. The highest BCUT2D eigenvalue weighted by Crippen LogP contribution is 2.24. The van der Waals surface area contributed by atoms with E-state index in [0.29, 0.717) is 12.2 Å². The first kappa shape index (κ1) is 12.9. The molecule has 1 aliphatic heterocycles. The van der Waals surface area contributed by atoms with Crippen LogP contribution in [-0.4, -0.2) is 32.6 Å². The molecule has 0 radical (unpaired) electrons. The smallest absolute Gasteiger partial charge is 0.289 e. The maximum Gasteiger partial charge on any atom is 0.289 e. The Kier molecular flexibility index (Phi) is 3.33. The van der Waals surface area contributed by atoms with Crippen LogP contribution in [0.3, 0.4) is 0 Å². The molecule has 0 aromatic heterocycles. The SMILES string of the molecule is Cc1ccc(S(=O)(=O)NCC2CO2)c([N+](=O)[O-])c1. The summed E-state index contributed by atoms with van der Waals surface area (Å²) >= 11 is 0. The van der Waals surface area contributed by atoms with Gasteiger partial charge in [0, 0.05) is 12.6 Å². The van der Waals surface area contributed by atoms with Gasteiger partial charge in [-0.2, -0.15) is 0 Å². The average molecular weight is 272 g/mol. The molecule has 1 saturated heterocycles. The predicted octanol–water partition coefficient (Wildman–Crippen LogP) is 0.580. The highest BCUT2D eigenvalue weighted by molar-refractivity contribution is 7.89. The topological polar surface area (TPSA) is 102 Å². The fraction of sp³-hybridized carbons (Fsp3) is 0.400. The second kappa shape index (κ2) is 4.63. The number of hydrogen-bond acceptors (Lipinski definition) is 5. The summed E-state index contributed by atoms with van der Waals surface area (Å²) < 4.78 is 31.0. The summed E-state index contributed by atoms with van der Waals surface area (Å²) in [6, 6.07) is 4.00. The fourth-order valence-electron chi connectivity index (χ4n) is 1.46. The number of nitro benzene ring substituents is 1. The Morgan fingerprint density at radius 1 is 1.56 bits per heavy atom. The summed E-state index contributed by atoms with van der Waals surface area (Å²) in [6.07, 6.45) is -0.121. The summed E-state index contributed by atoms with van der Waals surface area (Å²) in [4.78, 5) is 9.84. The standard InChI is InChI=1S/C10H12N2O5S/c1-7-2-3-10(9(4-7)12(13)14)18(15,16)11-5-8-6-17-8/h2-4,8,11H,5-6H2,1H3. The number of ether oxygens (including phenoxy) is 1. The van der Waals surface area contributed by atoms with Gasteiger partial charge in [0.2, 0.25) is 10.0 Å². The molecule has 1 aromatic rings. The second-order valence-corrected chi connectivity index (χ2v) is 5.77. The number of benzene rings is 1. The molecule has 1 fully saturated rings. The van der Waals surface area contributed by atoms with Gasteiger partial charge in [0.25, 0.3) is 5.69 Å². The lowest BCUT2D eigenvalue weighted by Crippen LogP contribution is -2.28. The fourth-order valence-corrected chi connectivity index (χ4v) is 2.68. The molecular formula is C10H12N2O5S. The normalized spacial score (nSPS) is 18.6. The molecule has 1 unspecified atom stereocenters. The zero-order valence-electron chi connectivity index (χ0n) is 9.62. The minimum atomic E-state index is -3.88. The van der Waals surface area contributed by atoms with Gasteiger partial charge in [-0.3, -0.25) is 10.1 Å². The molecule has 0 amide bonds. The summed E-state index contributed by atoms with van der Waals surface area (Å²) in [5.74, 6) is 0. The van der Waals surface area contributed by atoms with Crippen LogP contribution in [0.2, 0.25) is 0 Å². The third-order valence-electron chi connectivity index (χ3n) is 2.50. The van der Waals surface area contributed by atoms with Crippen LogP contribution >= 0.6 is 0 Å². The number of nitrogens with one attached hydrogen (secondary N) is 1. The molecule has 18 heavy (non-hydrogen) atoms. The summed E-state index contributed by atoms with van der Waals surface area (Å²) in [5.41, 5.74) is 0.213. The Hall–Kier alpha value is -1.51. The molecule has 7 nitrogen and oxygen atoms in total. The maximum atomic E-state index is 11.9. The van der Waals surface area contributed by atoms with E-state index < -0.39 is 20.6 Å². The summed E-state index contributed by atoms with van der Waals surface area (Å²) in [7, 11) is -3.88. The zero-order chi connectivity index (χ0) is 13.3. The van der Waals surface area contributed by atoms with Crippen molar-refractivity contribution in [3.8, 4) is 0 Å². The molecule has 1 N–H and O–H groups in total. The van der Waals surface area contributed by atoms with Crippen LogP contribution in [0.15, 0.2) is 23.1 Å². The molecule has 0 bridgehead atoms. The van der Waals surface area contributed by atoms with E-state index in [2.05, 4.69) is 4.72 Å². The minimum absolute atomic E-state index is 0.121. The van der Waals surface area contributed by atoms with Crippen LogP contribution in [0.4, 0.5) is 5.69 Å². The van der Waals surface area contributed by atoms with Gasteiger partial charge in [0.1, 0.15) is 0 Å². The Bertz CT molecular complexity index is 580. The van der Waals surface area contributed by atoms with Crippen LogP contribution in [0.5, 0.6) is 0 Å². The van der Waals surface area contributed by atoms with Crippen molar-refractivity contribution in [2.75, 3.05) is 13.2 Å². The Labute approximate surface area is 104 Å². The van der Waals surface area contributed by atoms with Crippen molar-refractivity contribution in [1.82, 2.24) is 4.72 Å². The van der Waals surface area contributed by atoms with Crippen molar-refractivity contribution < 1.29 is 18.1 Å². The van der Waals surface area contributed by atoms with Crippen LogP contribution < -0.4 is 4.72 Å². The van der Waals surface area contributed by atoms with Crippen molar-refractivity contribution in [1.29, 1.82) is 0 Å². The third-order valence-corrected chi connectivity index (χ3v) is 3.98.